The maximum Gasteiger partial charge on any atom is 0.0783 e. The Bertz CT molecular complexity index is 384. The molecule has 1 fully saturated rings. The summed E-state index contributed by atoms with van der Waals surface area (Å²) in [5, 5.41) is 0.942. The average molecular weight is 376 g/mol. The van der Waals surface area contributed by atoms with Crippen molar-refractivity contribution in [2.45, 2.75) is 44.8 Å². The van der Waals surface area contributed by atoms with Crippen LogP contribution in [0.3, 0.4) is 0 Å². The van der Waals surface area contributed by atoms with Gasteiger partial charge in [0.2, 0.25) is 0 Å². The minimum absolute atomic E-state index is 0.0434. The van der Waals surface area contributed by atoms with Crippen molar-refractivity contribution in [1.82, 2.24) is 0 Å². The van der Waals surface area contributed by atoms with Gasteiger partial charge in [-0.15, -0.1) is 0 Å². The fraction of sp³-hybridized carbons (Fsp3) is 0.600. The Morgan fingerprint density at radius 3 is 2.56 bits per heavy atom. The second-order valence-corrected chi connectivity index (χ2v) is 6.79. The minimum atomic E-state index is 0.0434. The molecule has 1 nitrogen and oxygen atoms in total. The van der Waals surface area contributed by atoms with Crippen LogP contribution in [0.5, 0.6) is 0 Å². The largest absolute Gasteiger partial charge is 0.369 e. The van der Waals surface area contributed by atoms with Crippen molar-refractivity contribution >= 4 is 31.9 Å². The fourth-order valence-electron chi connectivity index (χ4n) is 2.45. The molecule has 1 aromatic rings. The van der Waals surface area contributed by atoms with Crippen molar-refractivity contribution in [1.29, 1.82) is 0 Å². The van der Waals surface area contributed by atoms with Gasteiger partial charge in [-0.2, -0.15) is 0 Å². The van der Waals surface area contributed by atoms with Gasteiger partial charge in [0, 0.05) is 9.80 Å². The van der Waals surface area contributed by atoms with Crippen LogP contribution >= 0.6 is 31.9 Å². The summed E-state index contributed by atoms with van der Waals surface area (Å²) in [4.78, 5) is 0. The van der Waals surface area contributed by atoms with Crippen LogP contribution in [0, 0.1) is 5.92 Å². The second-order valence-electron chi connectivity index (χ2n) is 5.38. The van der Waals surface area contributed by atoms with E-state index < -0.39 is 0 Å². The highest BCUT2D eigenvalue weighted by atomic mass is 79.9. The third-order valence-corrected chi connectivity index (χ3v) is 5.72. The van der Waals surface area contributed by atoms with Gasteiger partial charge in [0.1, 0.15) is 0 Å². The number of halogens is 2. The molecule has 0 radical (unpaired) electrons. The Morgan fingerprint density at radius 1 is 1.28 bits per heavy atom. The molecule has 100 valence electrons. The zero-order chi connectivity index (χ0) is 13.0. The molecule has 0 amide bonds. The van der Waals surface area contributed by atoms with Crippen LogP contribution in [0.15, 0.2) is 28.7 Å². The minimum Gasteiger partial charge on any atom is -0.369 e. The van der Waals surface area contributed by atoms with Gasteiger partial charge < -0.3 is 4.74 Å². The maximum absolute atomic E-state index is 6.26. The van der Waals surface area contributed by atoms with Crippen LogP contribution in [-0.2, 0) is 11.3 Å². The number of benzene rings is 1. The van der Waals surface area contributed by atoms with Crippen molar-refractivity contribution in [3.05, 3.63) is 34.3 Å². The van der Waals surface area contributed by atoms with Crippen molar-refractivity contribution in [3.8, 4) is 0 Å². The van der Waals surface area contributed by atoms with Gasteiger partial charge in [0.15, 0.2) is 0 Å². The monoisotopic (exact) mass is 374 g/mol. The van der Waals surface area contributed by atoms with Gasteiger partial charge in [-0.05, 0) is 43.2 Å². The fourth-order valence-corrected chi connectivity index (χ4v) is 3.57. The van der Waals surface area contributed by atoms with Crippen molar-refractivity contribution in [2.24, 2.45) is 5.92 Å². The number of ether oxygens (including phenoxy) is 1. The van der Waals surface area contributed by atoms with Crippen molar-refractivity contribution in [3.63, 3.8) is 0 Å². The van der Waals surface area contributed by atoms with Crippen LogP contribution < -0.4 is 0 Å². The molecule has 0 unspecified atom stereocenters. The highest BCUT2D eigenvalue weighted by Crippen LogP contribution is 2.37. The summed E-state index contributed by atoms with van der Waals surface area (Å²) in [5.74, 6) is 0.851. The molecular formula is C15H20Br2O. The van der Waals surface area contributed by atoms with E-state index in [1.807, 2.05) is 6.07 Å². The van der Waals surface area contributed by atoms with Gasteiger partial charge in [-0.25, -0.2) is 0 Å². The molecule has 0 aliphatic heterocycles. The quantitative estimate of drug-likeness (QED) is 0.648. The molecule has 3 heteroatoms. The molecule has 0 saturated heterocycles. The lowest BCUT2D eigenvalue weighted by Gasteiger charge is -2.38. The summed E-state index contributed by atoms with van der Waals surface area (Å²) in [6.07, 6.45) is 4.90. The van der Waals surface area contributed by atoms with E-state index in [0.29, 0.717) is 6.61 Å². The topological polar surface area (TPSA) is 9.23 Å². The Balaban J connectivity index is 1.97. The van der Waals surface area contributed by atoms with Crippen LogP contribution in [0.1, 0.15) is 38.2 Å². The highest BCUT2D eigenvalue weighted by Gasteiger charge is 2.34. The van der Waals surface area contributed by atoms with E-state index in [9.17, 15) is 0 Å². The SMILES string of the molecule is CC1CCC(CBr)(OCc2ccccc2Br)CC1. The summed E-state index contributed by atoms with van der Waals surface area (Å²) < 4.78 is 7.40. The Hall–Kier alpha value is 0.140. The van der Waals surface area contributed by atoms with Crippen LogP contribution in [0.25, 0.3) is 0 Å². The molecule has 0 heterocycles. The predicted molar refractivity (Wildman–Crippen MR) is 83.1 cm³/mol. The smallest absolute Gasteiger partial charge is 0.0783 e. The van der Waals surface area contributed by atoms with E-state index in [1.165, 1.54) is 31.2 Å². The van der Waals surface area contributed by atoms with Gasteiger partial charge in [-0.1, -0.05) is 57.0 Å². The number of hydrogen-bond donors (Lipinski definition) is 0. The van der Waals surface area contributed by atoms with E-state index in [1.54, 1.807) is 0 Å². The molecule has 18 heavy (non-hydrogen) atoms. The molecule has 1 aliphatic carbocycles. The predicted octanol–water partition coefficient (Wildman–Crippen LogP) is 5.31. The van der Waals surface area contributed by atoms with E-state index in [2.05, 4.69) is 57.0 Å². The average Bonchev–Trinajstić information content (AvgIpc) is 2.40. The van der Waals surface area contributed by atoms with E-state index in [0.717, 1.165) is 15.7 Å². The summed E-state index contributed by atoms with van der Waals surface area (Å²) in [6, 6.07) is 8.29. The third kappa shape index (κ3) is 3.58. The first kappa shape index (κ1) is 14.5. The Kier molecular flexibility index (Phi) is 5.28. The van der Waals surface area contributed by atoms with Gasteiger partial charge in [0.05, 0.1) is 12.2 Å². The number of hydrogen-bond acceptors (Lipinski definition) is 1. The van der Waals surface area contributed by atoms with Gasteiger partial charge in [0.25, 0.3) is 0 Å². The lowest BCUT2D eigenvalue weighted by molar-refractivity contribution is -0.0689. The normalized spacial score (nSPS) is 28.3. The summed E-state index contributed by atoms with van der Waals surface area (Å²) in [7, 11) is 0. The molecule has 0 atom stereocenters. The maximum atomic E-state index is 6.26. The van der Waals surface area contributed by atoms with E-state index >= 15 is 0 Å². The molecular weight excluding hydrogens is 356 g/mol. The standard InChI is InChI=1S/C15H20Br2O/c1-12-6-8-15(11-16,9-7-12)18-10-13-4-2-3-5-14(13)17/h2-5,12H,6-11H2,1H3. The Morgan fingerprint density at radius 2 is 1.94 bits per heavy atom. The highest BCUT2D eigenvalue weighted by molar-refractivity contribution is 9.10. The van der Waals surface area contributed by atoms with Crippen LogP contribution in [-0.4, -0.2) is 10.9 Å². The molecule has 0 spiro atoms. The first-order chi connectivity index (χ1) is 8.65. The van der Waals surface area contributed by atoms with E-state index in [-0.39, 0.29) is 5.60 Å². The molecule has 0 bridgehead atoms. The molecule has 1 aliphatic rings. The molecule has 0 N–H and O–H groups in total. The zero-order valence-electron chi connectivity index (χ0n) is 10.8. The zero-order valence-corrected chi connectivity index (χ0v) is 14.0. The van der Waals surface area contributed by atoms with Gasteiger partial charge in [-0.3, -0.25) is 0 Å². The lowest BCUT2D eigenvalue weighted by atomic mass is 9.80. The summed E-state index contributed by atoms with van der Waals surface area (Å²) in [6.45, 7) is 3.04. The third-order valence-electron chi connectivity index (χ3n) is 3.92. The lowest BCUT2D eigenvalue weighted by Crippen LogP contribution is -2.38. The first-order valence-electron chi connectivity index (χ1n) is 6.58. The molecule has 0 aromatic heterocycles. The number of rotatable bonds is 4. The second kappa shape index (κ2) is 6.53. The molecule has 1 saturated carbocycles. The molecule has 1 aromatic carbocycles. The Labute approximate surface area is 127 Å². The first-order valence-corrected chi connectivity index (χ1v) is 8.50. The van der Waals surface area contributed by atoms with Crippen LogP contribution in [0.2, 0.25) is 0 Å². The van der Waals surface area contributed by atoms with Crippen LogP contribution in [0.4, 0.5) is 0 Å². The van der Waals surface area contributed by atoms with Gasteiger partial charge >= 0.3 is 0 Å². The summed E-state index contributed by atoms with van der Waals surface area (Å²) >= 11 is 7.22. The number of alkyl halides is 1. The van der Waals surface area contributed by atoms with Crippen molar-refractivity contribution in [2.75, 3.05) is 5.33 Å². The summed E-state index contributed by atoms with van der Waals surface area (Å²) in [5.41, 5.74) is 1.28. The van der Waals surface area contributed by atoms with Crippen molar-refractivity contribution < 1.29 is 4.74 Å². The molecule has 2 rings (SSSR count). The van der Waals surface area contributed by atoms with E-state index in [4.69, 9.17) is 4.74 Å².